The molecule has 2 N–H and O–H groups in total. The average Bonchev–Trinajstić information content (AvgIpc) is 3.52. The van der Waals surface area contributed by atoms with Crippen LogP contribution >= 0.6 is 0 Å². The molecular formula is C23H28N8O2. The van der Waals surface area contributed by atoms with Crippen molar-refractivity contribution in [2.75, 3.05) is 36.0 Å². The van der Waals surface area contributed by atoms with Gasteiger partial charge in [-0.15, -0.1) is 5.10 Å². The SMILES string of the molecule is O=C(NCc1nnc2ccc(N3CC4CCC(C3)O4)nc2c1N1CCCCC1)c1ccn[nH]1. The number of fused-ring (bicyclic) bond motifs is 3. The summed E-state index contributed by atoms with van der Waals surface area (Å²) in [6, 6.07) is 5.71. The molecule has 3 aliphatic rings. The average molecular weight is 449 g/mol. The molecule has 0 spiro atoms. The molecule has 6 rings (SSSR count). The van der Waals surface area contributed by atoms with E-state index in [1.807, 2.05) is 12.1 Å². The first-order valence-electron chi connectivity index (χ1n) is 11.8. The van der Waals surface area contributed by atoms with Crippen molar-refractivity contribution in [2.45, 2.75) is 50.9 Å². The zero-order valence-corrected chi connectivity index (χ0v) is 18.5. The number of H-pyrrole nitrogens is 1. The third-order valence-electron chi connectivity index (χ3n) is 6.84. The van der Waals surface area contributed by atoms with E-state index >= 15 is 0 Å². The zero-order valence-electron chi connectivity index (χ0n) is 18.5. The normalized spacial score (nSPS) is 22.7. The number of piperidine rings is 1. The second-order valence-electron chi connectivity index (χ2n) is 9.10. The van der Waals surface area contributed by atoms with Gasteiger partial charge in [-0.3, -0.25) is 9.89 Å². The molecule has 2 bridgehead atoms. The second kappa shape index (κ2) is 8.58. The predicted molar refractivity (Wildman–Crippen MR) is 123 cm³/mol. The van der Waals surface area contributed by atoms with Gasteiger partial charge < -0.3 is 19.9 Å². The fourth-order valence-corrected chi connectivity index (χ4v) is 5.18. The summed E-state index contributed by atoms with van der Waals surface area (Å²) >= 11 is 0. The fourth-order valence-electron chi connectivity index (χ4n) is 5.18. The van der Waals surface area contributed by atoms with E-state index in [9.17, 15) is 4.79 Å². The number of morpholine rings is 1. The molecule has 172 valence electrons. The quantitative estimate of drug-likeness (QED) is 0.610. The van der Waals surface area contributed by atoms with E-state index in [0.717, 1.165) is 80.1 Å². The van der Waals surface area contributed by atoms with Crippen LogP contribution in [0.3, 0.4) is 0 Å². The molecule has 3 aliphatic heterocycles. The Labute approximate surface area is 191 Å². The molecule has 0 aliphatic carbocycles. The maximum Gasteiger partial charge on any atom is 0.269 e. The number of hydrogen-bond acceptors (Lipinski definition) is 8. The first-order valence-corrected chi connectivity index (χ1v) is 11.8. The fraction of sp³-hybridized carbons (Fsp3) is 0.522. The van der Waals surface area contributed by atoms with E-state index in [-0.39, 0.29) is 12.5 Å². The van der Waals surface area contributed by atoms with Crippen LogP contribution in [0.2, 0.25) is 0 Å². The van der Waals surface area contributed by atoms with Crippen molar-refractivity contribution in [3.8, 4) is 0 Å². The van der Waals surface area contributed by atoms with Crippen molar-refractivity contribution < 1.29 is 9.53 Å². The van der Waals surface area contributed by atoms with Crippen molar-refractivity contribution in [3.05, 3.63) is 35.8 Å². The Bertz CT molecular complexity index is 1130. The summed E-state index contributed by atoms with van der Waals surface area (Å²) < 4.78 is 6.01. The van der Waals surface area contributed by atoms with Gasteiger partial charge in [-0.1, -0.05) is 0 Å². The number of carbonyl (C=O) groups excluding carboxylic acids is 1. The lowest BCUT2D eigenvalue weighted by molar-refractivity contribution is 0.0302. The van der Waals surface area contributed by atoms with Crippen LogP contribution in [0.1, 0.15) is 48.3 Å². The van der Waals surface area contributed by atoms with Crippen LogP contribution in [0.5, 0.6) is 0 Å². The minimum Gasteiger partial charge on any atom is -0.371 e. The minimum absolute atomic E-state index is 0.218. The Balaban J connectivity index is 1.35. The smallest absolute Gasteiger partial charge is 0.269 e. The summed E-state index contributed by atoms with van der Waals surface area (Å²) in [6.07, 6.45) is 7.91. The number of anilines is 2. The van der Waals surface area contributed by atoms with Gasteiger partial charge in [0.05, 0.1) is 24.4 Å². The van der Waals surface area contributed by atoms with Crippen LogP contribution in [0, 0.1) is 0 Å². The molecule has 3 fully saturated rings. The lowest BCUT2D eigenvalue weighted by atomic mass is 10.1. The zero-order chi connectivity index (χ0) is 22.2. The van der Waals surface area contributed by atoms with E-state index < -0.39 is 0 Å². The summed E-state index contributed by atoms with van der Waals surface area (Å²) in [5.74, 6) is 0.742. The topological polar surface area (TPSA) is 112 Å². The van der Waals surface area contributed by atoms with Gasteiger partial charge in [-0.25, -0.2) is 4.98 Å². The third kappa shape index (κ3) is 3.99. The Kier molecular flexibility index (Phi) is 5.29. The van der Waals surface area contributed by atoms with Gasteiger partial charge in [0.25, 0.3) is 5.91 Å². The second-order valence-corrected chi connectivity index (χ2v) is 9.10. The van der Waals surface area contributed by atoms with Crippen molar-refractivity contribution in [2.24, 2.45) is 0 Å². The number of nitrogens with one attached hydrogen (secondary N) is 2. The first-order chi connectivity index (χ1) is 16.2. The van der Waals surface area contributed by atoms with Crippen LogP contribution in [0.25, 0.3) is 11.0 Å². The Hall–Kier alpha value is -3.27. The minimum atomic E-state index is -0.218. The van der Waals surface area contributed by atoms with Crippen LogP contribution < -0.4 is 15.1 Å². The Morgan fingerprint density at radius 3 is 2.64 bits per heavy atom. The van der Waals surface area contributed by atoms with Crippen LogP contribution in [-0.4, -0.2) is 69.7 Å². The molecule has 1 amide bonds. The van der Waals surface area contributed by atoms with Gasteiger partial charge in [0.2, 0.25) is 0 Å². The maximum absolute atomic E-state index is 12.5. The molecule has 2 unspecified atom stereocenters. The molecule has 6 heterocycles. The van der Waals surface area contributed by atoms with Crippen LogP contribution in [0.15, 0.2) is 24.4 Å². The molecule has 10 nitrogen and oxygen atoms in total. The molecule has 2 atom stereocenters. The van der Waals surface area contributed by atoms with E-state index in [2.05, 4.69) is 35.5 Å². The molecule has 0 saturated carbocycles. The summed E-state index contributed by atoms with van der Waals surface area (Å²) in [7, 11) is 0. The highest BCUT2D eigenvalue weighted by Gasteiger charge is 2.34. The summed E-state index contributed by atoms with van der Waals surface area (Å²) in [6.45, 7) is 3.94. The third-order valence-corrected chi connectivity index (χ3v) is 6.84. The van der Waals surface area contributed by atoms with Gasteiger partial charge in [-0.05, 0) is 50.3 Å². The molecule has 3 aromatic rings. The van der Waals surface area contributed by atoms with Crippen molar-refractivity contribution in [3.63, 3.8) is 0 Å². The van der Waals surface area contributed by atoms with E-state index in [4.69, 9.17) is 9.72 Å². The number of carbonyl (C=O) groups is 1. The van der Waals surface area contributed by atoms with E-state index in [1.54, 1.807) is 12.3 Å². The standard InChI is InChI=1S/C23H28N8O2/c32-23(18-8-9-25-27-18)24-12-19-22(30-10-2-1-3-11-30)21-17(28-29-19)6-7-20(26-21)31-13-15-4-5-16(14-31)33-15/h6-9,15-16H,1-5,10-14H2,(H,24,32)(H,25,27). The lowest BCUT2D eigenvalue weighted by Crippen LogP contribution is -2.43. The van der Waals surface area contributed by atoms with Gasteiger partial charge in [-0.2, -0.15) is 10.2 Å². The number of rotatable bonds is 5. The van der Waals surface area contributed by atoms with E-state index in [1.165, 1.54) is 6.42 Å². The monoisotopic (exact) mass is 448 g/mol. The molecule has 33 heavy (non-hydrogen) atoms. The highest BCUT2D eigenvalue weighted by molar-refractivity contribution is 5.93. The van der Waals surface area contributed by atoms with Gasteiger partial charge in [0, 0.05) is 32.4 Å². The molecule has 0 aromatic carbocycles. The van der Waals surface area contributed by atoms with Gasteiger partial charge in [0.1, 0.15) is 28.2 Å². The first kappa shape index (κ1) is 20.3. The van der Waals surface area contributed by atoms with Gasteiger partial charge >= 0.3 is 0 Å². The predicted octanol–water partition coefficient (Wildman–Crippen LogP) is 2.04. The molecule has 3 saturated heterocycles. The number of nitrogens with zero attached hydrogens (tertiary/aromatic N) is 6. The number of pyridine rings is 1. The highest BCUT2D eigenvalue weighted by atomic mass is 16.5. The summed E-state index contributed by atoms with van der Waals surface area (Å²) in [4.78, 5) is 22.3. The van der Waals surface area contributed by atoms with E-state index in [0.29, 0.717) is 17.9 Å². The van der Waals surface area contributed by atoms with Gasteiger partial charge in [0.15, 0.2) is 0 Å². The molecule has 10 heteroatoms. The number of aromatic amines is 1. The van der Waals surface area contributed by atoms with Crippen molar-refractivity contribution in [1.82, 2.24) is 30.7 Å². The summed E-state index contributed by atoms with van der Waals surface area (Å²) in [5, 5.41) is 18.5. The number of amides is 1. The van der Waals surface area contributed by atoms with Crippen molar-refractivity contribution >= 4 is 28.4 Å². The Morgan fingerprint density at radius 2 is 1.88 bits per heavy atom. The highest BCUT2D eigenvalue weighted by Crippen LogP contribution is 2.33. The summed E-state index contributed by atoms with van der Waals surface area (Å²) in [5.41, 5.74) is 3.78. The maximum atomic E-state index is 12.5. The van der Waals surface area contributed by atoms with Crippen LogP contribution in [0.4, 0.5) is 11.5 Å². The number of ether oxygens (including phenoxy) is 1. The van der Waals surface area contributed by atoms with Crippen LogP contribution in [-0.2, 0) is 11.3 Å². The molecule has 0 radical (unpaired) electrons. The Morgan fingerprint density at radius 1 is 1.06 bits per heavy atom. The largest absolute Gasteiger partial charge is 0.371 e. The lowest BCUT2D eigenvalue weighted by Gasteiger charge is -2.34. The van der Waals surface area contributed by atoms with Crippen molar-refractivity contribution in [1.29, 1.82) is 0 Å². The number of aromatic nitrogens is 5. The molecular weight excluding hydrogens is 420 g/mol. The number of hydrogen-bond donors (Lipinski definition) is 2. The molecule has 3 aromatic heterocycles.